The predicted octanol–water partition coefficient (Wildman–Crippen LogP) is -0.417. The predicted molar refractivity (Wildman–Crippen MR) is 45.7 cm³/mol. The largest absolute Gasteiger partial charge is 0.461 e. The maximum atomic E-state index is 10.8. The summed E-state index contributed by atoms with van der Waals surface area (Å²) in [5.41, 5.74) is 5.13. The van der Waals surface area contributed by atoms with Gasteiger partial charge in [-0.15, -0.1) is 0 Å². The van der Waals surface area contributed by atoms with Crippen molar-refractivity contribution in [3.63, 3.8) is 0 Å². The van der Waals surface area contributed by atoms with Crippen LogP contribution in [0.3, 0.4) is 0 Å². The molecule has 1 aliphatic rings. The third kappa shape index (κ3) is 2.79. The maximum absolute atomic E-state index is 10.8. The van der Waals surface area contributed by atoms with Crippen molar-refractivity contribution in [1.29, 1.82) is 0 Å². The molecular formula is C8H16N2O2. The highest BCUT2D eigenvalue weighted by atomic mass is 16.5. The highest BCUT2D eigenvalue weighted by Gasteiger charge is 2.19. The number of carbonyl (C=O) groups excluding carboxylic acids is 1. The fraction of sp³-hybridized carbons (Fsp3) is 0.875. The molecule has 0 aliphatic carbocycles. The van der Waals surface area contributed by atoms with Crippen LogP contribution < -0.4 is 5.73 Å². The summed E-state index contributed by atoms with van der Waals surface area (Å²) in [4.78, 5) is 13.0. The second-order valence-corrected chi connectivity index (χ2v) is 3.20. The quantitative estimate of drug-likeness (QED) is 0.575. The second-order valence-electron chi connectivity index (χ2n) is 3.20. The van der Waals surface area contributed by atoms with E-state index in [2.05, 4.69) is 11.9 Å². The Kier molecular flexibility index (Phi) is 3.49. The van der Waals surface area contributed by atoms with Gasteiger partial charge < -0.3 is 15.4 Å². The van der Waals surface area contributed by atoms with E-state index in [1.165, 1.54) is 0 Å². The smallest absolute Gasteiger partial charge is 0.319 e. The molecule has 0 saturated carbocycles. The van der Waals surface area contributed by atoms with Crippen LogP contribution in [0.2, 0.25) is 0 Å². The van der Waals surface area contributed by atoms with E-state index < -0.39 is 0 Å². The Hall–Kier alpha value is -0.610. The third-order valence-electron chi connectivity index (χ3n) is 2.13. The maximum Gasteiger partial charge on any atom is 0.319 e. The van der Waals surface area contributed by atoms with E-state index in [1.54, 1.807) is 0 Å². The van der Waals surface area contributed by atoms with Crippen LogP contribution >= 0.6 is 0 Å². The van der Waals surface area contributed by atoms with Crippen LogP contribution in [0, 0.1) is 0 Å². The zero-order valence-corrected chi connectivity index (χ0v) is 7.45. The van der Waals surface area contributed by atoms with Crippen molar-refractivity contribution >= 4 is 5.97 Å². The Morgan fingerprint density at radius 2 is 2.17 bits per heavy atom. The first-order valence-electron chi connectivity index (χ1n) is 4.30. The molecular weight excluding hydrogens is 156 g/mol. The molecule has 4 nitrogen and oxygen atoms in total. The lowest BCUT2D eigenvalue weighted by Gasteiger charge is -2.28. The molecule has 0 aromatic rings. The first-order valence-corrected chi connectivity index (χ1v) is 4.30. The van der Waals surface area contributed by atoms with E-state index in [0.29, 0.717) is 0 Å². The molecule has 0 aromatic carbocycles. The normalized spacial score (nSPS) is 20.8. The van der Waals surface area contributed by atoms with Gasteiger partial charge in [-0.25, -0.2) is 0 Å². The number of hydrogen-bond acceptors (Lipinski definition) is 4. The number of likely N-dealkylation sites (tertiary alicyclic amines) is 1. The topological polar surface area (TPSA) is 55.6 Å². The van der Waals surface area contributed by atoms with E-state index in [9.17, 15) is 4.79 Å². The lowest BCUT2D eigenvalue weighted by Crippen LogP contribution is -2.36. The standard InChI is InChI=1S/C8H16N2O2/c1-10-4-2-7(3-5-10)12-8(11)6-9/h7H,2-6,9H2,1H3. The Morgan fingerprint density at radius 3 is 2.67 bits per heavy atom. The second kappa shape index (κ2) is 4.42. The molecule has 1 aliphatic heterocycles. The van der Waals surface area contributed by atoms with Crippen molar-refractivity contribution < 1.29 is 9.53 Å². The van der Waals surface area contributed by atoms with Crippen molar-refractivity contribution in [2.45, 2.75) is 18.9 Å². The van der Waals surface area contributed by atoms with Crippen LogP contribution in [0.15, 0.2) is 0 Å². The minimum atomic E-state index is -0.287. The van der Waals surface area contributed by atoms with Crippen molar-refractivity contribution in [2.75, 3.05) is 26.7 Å². The summed E-state index contributed by atoms with van der Waals surface area (Å²) in [5, 5.41) is 0. The number of piperidine rings is 1. The van der Waals surface area contributed by atoms with Crippen LogP contribution in [0.4, 0.5) is 0 Å². The fourth-order valence-corrected chi connectivity index (χ4v) is 1.34. The zero-order valence-electron chi connectivity index (χ0n) is 7.45. The van der Waals surface area contributed by atoms with E-state index in [4.69, 9.17) is 10.5 Å². The monoisotopic (exact) mass is 172 g/mol. The molecule has 1 fully saturated rings. The summed E-state index contributed by atoms with van der Waals surface area (Å²) in [6.07, 6.45) is 1.96. The summed E-state index contributed by atoms with van der Waals surface area (Å²) in [7, 11) is 2.07. The average molecular weight is 172 g/mol. The van der Waals surface area contributed by atoms with Crippen molar-refractivity contribution in [3.8, 4) is 0 Å². The van der Waals surface area contributed by atoms with Crippen LogP contribution in [0.25, 0.3) is 0 Å². The Morgan fingerprint density at radius 1 is 1.58 bits per heavy atom. The third-order valence-corrected chi connectivity index (χ3v) is 2.13. The Labute approximate surface area is 72.7 Å². The van der Waals surface area contributed by atoms with Gasteiger partial charge in [0.1, 0.15) is 6.10 Å². The number of esters is 1. The highest BCUT2D eigenvalue weighted by Crippen LogP contribution is 2.11. The van der Waals surface area contributed by atoms with Crippen LogP contribution in [0.5, 0.6) is 0 Å². The van der Waals surface area contributed by atoms with Gasteiger partial charge in [-0.2, -0.15) is 0 Å². The summed E-state index contributed by atoms with van der Waals surface area (Å²) in [6, 6.07) is 0. The number of nitrogens with two attached hydrogens (primary N) is 1. The van der Waals surface area contributed by atoms with E-state index in [-0.39, 0.29) is 18.6 Å². The molecule has 0 aromatic heterocycles. The van der Waals surface area contributed by atoms with Gasteiger partial charge >= 0.3 is 5.97 Å². The summed E-state index contributed by atoms with van der Waals surface area (Å²) < 4.78 is 5.10. The molecule has 0 amide bonds. The first-order chi connectivity index (χ1) is 5.72. The number of hydrogen-bond donors (Lipinski definition) is 1. The molecule has 1 heterocycles. The van der Waals surface area contributed by atoms with Crippen LogP contribution in [-0.4, -0.2) is 43.7 Å². The van der Waals surface area contributed by atoms with E-state index >= 15 is 0 Å². The fourth-order valence-electron chi connectivity index (χ4n) is 1.34. The van der Waals surface area contributed by atoms with Gasteiger partial charge in [-0.1, -0.05) is 0 Å². The Balaban J connectivity index is 2.21. The van der Waals surface area contributed by atoms with Crippen LogP contribution in [0.1, 0.15) is 12.8 Å². The number of rotatable bonds is 2. The molecule has 0 atom stereocenters. The van der Waals surface area contributed by atoms with E-state index in [1.807, 2.05) is 0 Å². The van der Waals surface area contributed by atoms with Gasteiger partial charge in [0.05, 0.1) is 6.54 Å². The molecule has 4 heteroatoms. The molecule has 0 radical (unpaired) electrons. The summed E-state index contributed by atoms with van der Waals surface area (Å²) in [6.45, 7) is 2.00. The van der Waals surface area contributed by atoms with Gasteiger partial charge in [0.15, 0.2) is 0 Å². The number of ether oxygens (including phenoxy) is 1. The van der Waals surface area contributed by atoms with Crippen molar-refractivity contribution in [2.24, 2.45) is 5.73 Å². The van der Waals surface area contributed by atoms with Gasteiger partial charge in [0, 0.05) is 13.1 Å². The molecule has 1 saturated heterocycles. The minimum Gasteiger partial charge on any atom is -0.461 e. The molecule has 0 unspecified atom stereocenters. The summed E-state index contributed by atoms with van der Waals surface area (Å²) >= 11 is 0. The molecule has 0 bridgehead atoms. The van der Waals surface area contributed by atoms with Crippen molar-refractivity contribution in [3.05, 3.63) is 0 Å². The van der Waals surface area contributed by atoms with E-state index in [0.717, 1.165) is 25.9 Å². The molecule has 2 N–H and O–H groups in total. The molecule has 70 valence electrons. The molecule has 0 spiro atoms. The SMILES string of the molecule is CN1CCC(OC(=O)CN)CC1. The lowest BCUT2D eigenvalue weighted by molar-refractivity contribution is -0.149. The van der Waals surface area contributed by atoms with Crippen molar-refractivity contribution in [1.82, 2.24) is 4.90 Å². The average Bonchev–Trinajstić information content (AvgIpc) is 2.09. The lowest BCUT2D eigenvalue weighted by atomic mass is 10.1. The van der Waals surface area contributed by atoms with Gasteiger partial charge in [-0.05, 0) is 19.9 Å². The highest BCUT2D eigenvalue weighted by molar-refractivity contribution is 5.71. The summed E-state index contributed by atoms with van der Waals surface area (Å²) in [5.74, 6) is -0.287. The minimum absolute atomic E-state index is 0.00760. The number of nitrogens with zero attached hydrogens (tertiary/aromatic N) is 1. The van der Waals surface area contributed by atoms with Gasteiger partial charge in [0.2, 0.25) is 0 Å². The molecule has 1 rings (SSSR count). The zero-order chi connectivity index (χ0) is 8.97. The number of carbonyl (C=O) groups is 1. The van der Waals surface area contributed by atoms with Crippen LogP contribution in [-0.2, 0) is 9.53 Å². The first kappa shape index (κ1) is 9.48. The Bertz CT molecular complexity index is 153. The molecule has 12 heavy (non-hydrogen) atoms. The van der Waals surface area contributed by atoms with Gasteiger partial charge in [0.25, 0.3) is 0 Å². The van der Waals surface area contributed by atoms with Gasteiger partial charge in [-0.3, -0.25) is 4.79 Å².